The average Bonchev–Trinajstić information content (AvgIpc) is 2.55. The molecule has 3 aromatic rings. The number of fused-ring (bicyclic) bond motifs is 1. The predicted octanol–water partition coefficient (Wildman–Crippen LogP) is 1.94. The number of carboxylic acid groups (broad SMARTS) is 1. The molecule has 0 unspecified atom stereocenters. The number of benzene rings is 2. The molecule has 0 aliphatic carbocycles. The summed E-state index contributed by atoms with van der Waals surface area (Å²) in [6.07, 6.45) is 0.558. The molecule has 0 aliphatic heterocycles. The Balaban J connectivity index is 1.98. The zero-order chi connectivity index (χ0) is 17.3. The smallest absolute Gasteiger partial charge is 0.335 e. The van der Waals surface area contributed by atoms with Gasteiger partial charge in [-0.25, -0.2) is 9.59 Å². The molecule has 2 N–H and O–H groups in total. The van der Waals surface area contributed by atoms with Crippen LogP contribution in [-0.4, -0.2) is 20.6 Å². The van der Waals surface area contributed by atoms with Gasteiger partial charge in [-0.3, -0.25) is 9.36 Å². The van der Waals surface area contributed by atoms with E-state index in [0.29, 0.717) is 11.8 Å². The van der Waals surface area contributed by atoms with Gasteiger partial charge in [-0.1, -0.05) is 29.8 Å². The molecule has 0 radical (unpaired) electrons. The highest BCUT2D eigenvalue weighted by molar-refractivity contribution is 5.92. The van der Waals surface area contributed by atoms with Crippen LogP contribution in [0.4, 0.5) is 0 Å². The van der Waals surface area contributed by atoms with E-state index >= 15 is 0 Å². The van der Waals surface area contributed by atoms with Crippen LogP contribution in [0, 0.1) is 6.92 Å². The number of aromatic amines is 1. The van der Waals surface area contributed by atoms with Crippen molar-refractivity contribution in [1.82, 2.24) is 9.55 Å². The van der Waals surface area contributed by atoms with Gasteiger partial charge in [0.1, 0.15) is 0 Å². The number of carboxylic acids is 1. The molecule has 0 saturated carbocycles. The number of hydrogen-bond acceptors (Lipinski definition) is 3. The number of nitrogens with one attached hydrogen (secondary N) is 1. The van der Waals surface area contributed by atoms with Crippen LogP contribution in [0.3, 0.4) is 0 Å². The van der Waals surface area contributed by atoms with Crippen molar-refractivity contribution in [2.75, 3.05) is 0 Å². The van der Waals surface area contributed by atoms with Crippen molar-refractivity contribution in [3.05, 3.63) is 80.0 Å². The highest BCUT2D eigenvalue weighted by atomic mass is 16.4. The third kappa shape index (κ3) is 2.99. The summed E-state index contributed by atoms with van der Waals surface area (Å²) in [5.41, 5.74) is 1.48. The third-order valence-corrected chi connectivity index (χ3v) is 3.97. The van der Waals surface area contributed by atoms with Gasteiger partial charge in [0.05, 0.1) is 16.5 Å². The second kappa shape index (κ2) is 6.16. The Morgan fingerprint density at radius 1 is 1.12 bits per heavy atom. The van der Waals surface area contributed by atoms with Crippen molar-refractivity contribution in [2.45, 2.75) is 19.9 Å². The lowest BCUT2D eigenvalue weighted by Crippen LogP contribution is -2.35. The highest BCUT2D eigenvalue weighted by Crippen LogP contribution is 2.09. The summed E-state index contributed by atoms with van der Waals surface area (Å²) in [4.78, 5) is 38.2. The second-order valence-electron chi connectivity index (χ2n) is 5.69. The summed E-state index contributed by atoms with van der Waals surface area (Å²) >= 11 is 0. The van der Waals surface area contributed by atoms with Crippen LogP contribution in [0.15, 0.2) is 52.1 Å². The van der Waals surface area contributed by atoms with E-state index in [4.69, 9.17) is 5.11 Å². The third-order valence-electron chi connectivity index (χ3n) is 3.97. The van der Waals surface area contributed by atoms with Crippen LogP contribution < -0.4 is 11.2 Å². The zero-order valence-corrected chi connectivity index (χ0v) is 13.1. The Morgan fingerprint density at radius 3 is 2.50 bits per heavy atom. The van der Waals surface area contributed by atoms with Crippen molar-refractivity contribution in [3.63, 3.8) is 0 Å². The number of aryl methyl sites for hydroxylation is 2. The molecule has 0 amide bonds. The van der Waals surface area contributed by atoms with Gasteiger partial charge < -0.3 is 10.1 Å². The summed E-state index contributed by atoms with van der Waals surface area (Å²) in [6.45, 7) is 2.25. The van der Waals surface area contributed by atoms with Gasteiger partial charge in [0, 0.05) is 6.54 Å². The molecule has 0 bridgehead atoms. The second-order valence-corrected chi connectivity index (χ2v) is 5.69. The monoisotopic (exact) mass is 324 g/mol. The first kappa shape index (κ1) is 15.7. The maximum Gasteiger partial charge on any atom is 0.335 e. The normalized spacial score (nSPS) is 10.9. The number of hydrogen-bond donors (Lipinski definition) is 2. The molecule has 0 aliphatic rings. The summed E-state index contributed by atoms with van der Waals surface area (Å²) in [5, 5.41) is 9.29. The summed E-state index contributed by atoms with van der Waals surface area (Å²) in [7, 11) is 0. The van der Waals surface area contributed by atoms with Gasteiger partial charge in [0.2, 0.25) is 0 Å². The maximum absolute atomic E-state index is 12.5. The first-order valence-corrected chi connectivity index (χ1v) is 7.51. The molecule has 6 nitrogen and oxygen atoms in total. The van der Waals surface area contributed by atoms with Crippen LogP contribution in [-0.2, 0) is 13.0 Å². The fourth-order valence-corrected chi connectivity index (χ4v) is 2.59. The van der Waals surface area contributed by atoms with Gasteiger partial charge in [-0.05, 0) is 37.1 Å². The van der Waals surface area contributed by atoms with Crippen LogP contribution in [0.1, 0.15) is 21.5 Å². The lowest BCUT2D eigenvalue weighted by atomic mass is 10.1. The maximum atomic E-state index is 12.5. The number of nitrogens with zero attached hydrogens (tertiary/aromatic N) is 1. The fourth-order valence-electron chi connectivity index (χ4n) is 2.59. The van der Waals surface area contributed by atoms with Gasteiger partial charge in [-0.15, -0.1) is 0 Å². The van der Waals surface area contributed by atoms with Crippen molar-refractivity contribution < 1.29 is 9.90 Å². The Kier molecular flexibility index (Phi) is 4.04. The van der Waals surface area contributed by atoms with Gasteiger partial charge in [-0.2, -0.15) is 0 Å². The van der Waals surface area contributed by atoms with E-state index in [-0.39, 0.29) is 17.6 Å². The van der Waals surface area contributed by atoms with E-state index in [9.17, 15) is 14.4 Å². The molecule has 24 heavy (non-hydrogen) atoms. The SMILES string of the molecule is Cc1ccc(CCn2c(=O)[nH]c3cc(C(=O)O)ccc3c2=O)cc1. The minimum atomic E-state index is -1.11. The predicted molar refractivity (Wildman–Crippen MR) is 90.7 cm³/mol. The first-order valence-electron chi connectivity index (χ1n) is 7.51. The molecule has 3 rings (SSSR count). The minimum Gasteiger partial charge on any atom is -0.478 e. The number of H-pyrrole nitrogens is 1. The van der Waals surface area contributed by atoms with Gasteiger partial charge in [0.15, 0.2) is 0 Å². The standard InChI is InChI=1S/C18H16N2O4/c1-11-2-4-12(5-3-11)8-9-20-16(21)14-7-6-13(17(22)23)10-15(14)19-18(20)24/h2-7,10H,8-9H2,1H3,(H,19,24)(H,22,23). The number of aromatic nitrogens is 2. The van der Waals surface area contributed by atoms with E-state index in [1.807, 2.05) is 31.2 Å². The number of rotatable bonds is 4. The number of aromatic carboxylic acids is 1. The molecule has 122 valence electrons. The molecule has 0 saturated heterocycles. The molecule has 1 heterocycles. The van der Waals surface area contributed by atoms with Crippen molar-refractivity contribution in [1.29, 1.82) is 0 Å². The average molecular weight is 324 g/mol. The Labute approximate surface area is 137 Å². The van der Waals surface area contributed by atoms with Crippen LogP contribution in [0.2, 0.25) is 0 Å². The molecule has 6 heteroatoms. The van der Waals surface area contributed by atoms with Crippen LogP contribution >= 0.6 is 0 Å². The highest BCUT2D eigenvalue weighted by Gasteiger charge is 2.10. The lowest BCUT2D eigenvalue weighted by Gasteiger charge is -2.07. The van der Waals surface area contributed by atoms with E-state index in [1.165, 1.54) is 18.2 Å². The summed E-state index contributed by atoms with van der Waals surface area (Å²) < 4.78 is 1.14. The van der Waals surface area contributed by atoms with E-state index in [2.05, 4.69) is 4.98 Å². The Bertz CT molecular complexity index is 1030. The molecule has 0 atom stereocenters. The van der Waals surface area contributed by atoms with Crippen molar-refractivity contribution in [2.24, 2.45) is 0 Å². The van der Waals surface area contributed by atoms with E-state index in [1.54, 1.807) is 0 Å². The van der Waals surface area contributed by atoms with Crippen LogP contribution in [0.25, 0.3) is 10.9 Å². The van der Waals surface area contributed by atoms with Gasteiger partial charge in [0.25, 0.3) is 5.56 Å². The van der Waals surface area contributed by atoms with Crippen LogP contribution in [0.5, 0.6) is 0 Å². The van der Waals surface area contributed by atoms with Crippen molar-refractivity contribution >= 4 is 16.9 Å². The molecular formula is C18H16N2O4. The van der Waals surface area contributed by atoms with E-state index in [0.717, 1.165) is 15.7 Å². The quantitative estimate of drug-likeness (QED) is 0.767. The Hall–Kier alpha value is -3.15. The largest absolute Gasteiger partial charge is 0.478 e. The molecule has 0 fully saturated rings. The molecule has 2 aromatic carbocycles. The molecule has 1 aromatic heterocycles. The first-order chi connectivity index (χ1) is 11.5. The van der Waals surface area contributed by atoms with Gasteiger partial charge >= 0.3 is 11.7 Å². The lowest BCUT2D eigenvalue weighted by molar-refractivity contribution is 0.0697. The topological polar surface area (TPSA) is 92.2 Å². The molecule has 0 spiro atoms. The fraction of sp³-hybridized carbons (Fsp3) is 0.167. The van der Waals surface area contributed by atoms with E-state index < -0.39 is 17.2 Å². The van der Waals surface area contributed by atoms with Crippen molar-refractivity contribution in [3.8, 4) is 0 Å². The summed E-state index contributed by atoms with van der Waals surface area (Å²) in [6, 6.07) is 12.0. The summed E-state index contributed by atoms with van der Waals surface area (Å²) in [5.74, 6) is -1.11. The zero-order valence-electron chi connectivity index (χ0n) is 13.1. The molecular weight excluding hydrogens is 308 g/mol. The Morgan fingerprint density at radius 2 is 1.83 bits per heavy atom. The number of carbonyl (C=O) groups is 1. The minimum absolute atomic E-state index is 0.0231.